The van der Waals surface area contributed by atoms with Crippen molar-refractivity contribution >= 4 is 44.6 Å². The highest BCUT2D eigenvalue weighted by molar-refractivity contribution is 7.91. The minimum absolute atomic E-state index is 0.0262. The Hall–Kier alpha value is -0.780. The number of rotatable bonds is 3. The minimum Gasteiger partial charge on any atom is -0.307 e. The maximum Gasteiger partial charge on any atom is 0.227 e. The molecule has 1 aliphatic heterocycles. The molecular weight excluding hydrogens is 321 g/mol. The maximum absolute atomic E-state index is 12.2. The lowest BCUT2D eigenvalue weighted by Crippen LogP contribution is -2.41. The van der Waals surface area contributed by atoms with Crippen LogP contribution in [-0.4, -0.2) is 31.9 Å². The first-order chi connectivity index (χ1) is 9.34. The van der Waals surface area contributed by atoms with Gasteiger partial charge in [0.2, 0.25) is 5.91 Å². The third kappa shape index (κ3) is 3.27. The summed E-state index contributed by atoms with van der Waals surface area (Å²) in [5.41, 5.74) is 0.480. The van der Waals surface area contributed by atoms with Crippen molar-refractivity contribution in [1.82, 2.24) is 0 Å². The molecule has 1 aliphatic rings. The predicted octanol–water partition coefficient (Wildman–Crippen LogP) is 2.92. The zero-order valence-electron chi connectivity index (χ0n) is 11.0. The first-order valence-electron chi connectivity index (χ1n) is 6.31. The molecular formula is C13H15Cl2NO3S. The van der Waals surface area contributed by atoms with Crippen LogP contribution in [0.4, 0.5) is 5.69 Å². The average molecular weight is 336 g/mol. The van der Waals surface area contributed by atoms with Crippen LogP contribution in [0, 0.1) is 0 Å². The molecule has 0 radical (unpaired) electrons. The van der Waals surface area contributed by atoms with Gasteiger partial charge in [-0.3, -0.25) is 4.79 Å². The maximum atomic E-state index is 12.2. The van der Waals surface area contributed by atoms with Gasteiger partial charge in [-0.05, 0) is 24.6 Å². The Bertz CT molecular complexity index is 631. The van der Waals surface area contributed by atoms with E-state index < -0.39 is 9.84 Å². The molecule has 20 heavy (non-hydrogen) atoms. The quantitative estimate of drug-likeness (QED) is 0.853. The van der Waals surface area contributed by atoms with E-state index in [4.69, 9.17) is 23.2 Å². The first-order valence-corrected chi connectivity index (χ1v) is 8.89. The third-order valence-corrected chi connectivity index (χ3v) is 5.62. The van der Waals surface area contributed by atoms with Gasteiger partial charge in [0.15, 0.2) is 9.84 Å². The van der Waals surface area contributed by atoms with Crippen molar-refractivity contribution < 1.29 is 13.2 Å². The molecule has 1 aromatic rings. The van der Waals surface area contributed by atoms with E-state index >= 15 is 0 Å². The van der Waals surface area contributed by atoms with Crippen molar-refractivity contribution in [3.8, 4) is 0 Å². The number of anilines is 1. The summed E-state index contributed by atoms with van der Waals surface area (Å²) in [6.45, 7) is 1.73. The van der Waals surface area contributed by atoms with Crippen LogP contribution < -0.4 is 4.90 Å². The summed E-state index contributed by atoms with van der Waals surface area (Å²) in [5.74, 6) is -0.0819. The van der Waals surface area contributed by atoms with Crippen molar-refractivity contribution in [3.05, 3.63) is 28.2 Å². The summed E-state index contributed by atoms with van der Waals surface area (Å²) in [7, 11) is -3.08. The number of amides is 1. The number of halogens is 2. The molecule has 0 spiro atoms. The largest absolute Gasteiger partial charge is 0.307 e. The number of hydrogen-bond acceptors (Lipinski definition) is 3. The Morgan fingerprint density at radius 2 is 2.10 bits per heavy atom. The molecule has 1 unspecified atom stereocenters. The second kappa shape index (κ2) is 5.92. The van der Waals surface area contributed by atoms with Crippen LogP contribution in [0.5, 0.6) is 0 Å². The molecule has 4 nitrogen and oxygen atoms in total. The van der Waals surface area contributed by atoms with Gasteiger partial charge in [0.05, 0.1) is 28.3 Å². The third-order valence-electron chi connectivity index (χ3n) is 3.31. The van der Waals surface area contributed by atoms with Crippen LogP contribution in [0.3, 0.4) is 0 Å². The van der Waals surface area contributed by atoms with Crippen LogP contribution in [0.25, 0.3) is 0 Å². The number of nitrogens with zero attached hydrogens (tertiary/aromatic N) is 1. The lowest BCUT2D eigenvalue weighted by Gasteiger charge is -2.29. The molecule has 1 saturated heterocycles. The number of benzene rings is 1. The molecule has 1 heterocycles. The SMILES string of the molecule is CCC(=O)N(c1cc(Cl)ccc1Cl)C1CCS(=O)(=O)C1. The van der Waals surface area contributed by atoms with E-state index in [1.54, 1.807) is 25.1 Å². The molecule has 1 amide bonds. The summed E-state index contributed by atoms with van der Waals surface area (Å²) in [6.07, 6.45) is 0.705. The van der Waals surface area contributed by atoms with Crippen LogP contribution in [-0.2, 0) is 14.6 Å². The monoisotopic (exact) mass is 335 g/mol. The van der Waals surface area contributed by atoms with Crippen LogP contribution in [0.15, 0.2) is 18.2 Å². The molecule has 7 heteroatoms. The van der Waals surface area contributed by atoms with E-state index in [0.29, 0.717) is 22.2 Å². The Morgan fingerprint density at radius 3 is 2.65 bits per heavy atom. The smallest absolute Gasteiger partial charge is 0.227 e. The highest BCUT2D eigenvalue weighted by atomic mass is 35.5. The molecule has 1 fully saturated rings. The van der Waals surface area contributed by atoms with E-state index in [0.717, 1.165) is 0 Å². The molecule has 110 valence electrons. The highest BCUT2D eigenvalue weighted by Gasteiger charge is 2.35. The zero-order chi connectivity index (χ0) is 14.9. The number of carbonyl (C=O) groups excluding carboxylic acids is 1. The Morgan fingerprint density at radius 1 is 1.40 bits per heavy atom. The molecule has 0 saturated carbocycles. The molecule has 0 bridgehead atoms. The van der Waals surface area contributed by atoms with Gasteiger partial charge in [0.25, 0.3) is 0 Å². The predicted molar refractivity (Wildman–Crippen MR) is 81.3 cm³/mol. The fourth-order valence-corrected chi connectivity index (χ4v) is 4.43. The van der Waals surface area contributed by atoms with Gasteiger partial charge in [-0.1, -0.05) is 30.1 Å². The van der Waals surface area contributed by atoms with Crippen molar-refractivity contribution in [2.24, 2.45) is 0 Å². The second-order valence-electron chi connectivity index (χ2n) is 4.77. The van der Waals surface area contributed by atoms with Crippen LogP contribution >= 0.6 is 23.2 Å². The number of hydrogen-bond donors (Lipinski definition) is 0. The van der Waals surface area contributed by atoms with Crippen LogP contribution in [0.1, 0.15) is 19.8 Å². The first kappa shape index (κ1) is 15.6. The second-order valence-corrected chi connectivity index (χ2v) is 7.84. The van der Waals surface area contributed by atoms with E-state index in [1.807, 2.05) is 0 Å². The topological polar surface area (TPSA) is 54.5 Å². The normalized spacial score (nSPS) is 20.9. The van der Waals surface area contributed by atoms with Gasteiger partial charge in [-0.2, -0.15) is 0 Å². The van der Waals surface area contributed by atoms with Crippen molar-refractivity contribution in [1.29, 1.82) is 0 Å². The summed E-state index contributed by atoms with van der Waals surface area (Å²) >= 11 is 12.1. The summed E-state index contributed by atoms with van der Waals surface area (Å²) in [5, 5.41) is 0.847. The summed E-state index contributed by atoms with van der Waals surface area (Å²) in [6, 6.07) is 4.47. The number of sulfone groups is 1. The molecule has 1 atom stereocenters. The Kier molecular flexibility index (Phi) is 4.62. The van der Waals surface area contributed by atoms with E-state index in [1.165, 1.54) is 4.90 Å². The molecule has 0 aromatic heterocycles. The molecule has 0 aliphatic carbocycles. The standard InChI is InChI=1S/C13H15Cl2NO3S/c1-2-13(17)16(10-5-6-20(18,19)8-10)12-7-9(14)3-4-11(12)15/h3-4,7,10H,2,5-6,8H2,1H3. The minimum atomic E-state index is -3.08. The van der Waals surface area contributed by atoms with Crippen molar-refractivity contribution in [3.63, 3.8) is 0 Å². The number of carbonyl (C=O) groups is 1. The van der Waals surface area contributed by atoms with Gasteiger partial charge < -0.3 is 4.90 Å². The van der Waals surface area contributed by atoms with Gasteiger partial charge >= 0.3 is 0 Å². The fourth-order valence-electron chi connectivity index (χ4n) is 2.35. The van der Waals surface area contributed by atoms with Crippen LogP contribution in [0.2, 0.25) is 10.0 Å². The van der Waals surface area contributed by atoms with Gasteiger partial charge in [-0.25, -0.2) is 8.42 Å². The Balaban J connectivity index is 2.43. The van der Waals surface area contributed by atoms with E-state index in [-0.39, 0.29) is 29.9 Å². The molecule has 0 N–H and O–H groups in total. The van der Waals surface area contributed by atoms with Gasteiger partial charge in [0, 0.05) is 11.4 Å². The van der Waals surface area contributed by atoms with E-state index in [2.05, 4.69) is 0 Å². The van der Waals surface area contributed by atoms with Crippen molar-refractivity contribution in [2.45, 2.75) is 25.8 Å². The van der Waals surface area contributed by atoms with Gasteiger partial charge in [0.1, 0.15) is 0 Å². The van der Waals surface area contributed by atoms with Crippen molar-refractivity contribution in [2.75, 3.05) is 16.4 Å². The lowest BCUT2D eigenvalue weighted by molar-refractivity contribution is -0.118. The Labute approximate surface area is 128 Å². The lowest BCUT2D eigenvalue weighted by atomic mass is 10.1. The summed E-state index contributed by atoms with van der Waals surface area (Å²) < 4.78 is 23.3. The summed E-state index contributed by atoms with van der Waals surface area (Å²) in [4.78, 5) is 13.7. The zero-order valence-corrected chi connectivity index (χ0v) is 13.3. The fraction of sp³-hybridized carbons (Fsp3) is 0.462. The van der Waals surface area contributed by atoms with Gasteiger partial charge in [-0.15, -0.1) is 0 Å². The molecule has 1 aromatic carbocycles. The van der Waals surface area contributed by atoms with E-state index in [9.17, 15) is 13.2 Å². The highest BCUT2D eigenvalue weighted by Crippen LogP contribution is 2.33. The molecule has 2 rings (SSSR count). The average Bonchev–Trinajstić information content (AvgIpc) is 2.74.